The zero-order chi connectivity index (χ0) is 24.2. The predicted molar refractivity (Wildman–Crippen MR) is 122 cm³/mol. The molecule has 2 amide bonds. The van der Waals surface area contributed by atoms with Crippen molar-refractivity contribution in [2.24, 2.45) is 5.92 Å². The van der Waals surface area contributed by atoms with Crippen molar-refractivity contribution in [1.29, 1.82) is 0 Å². The normalized spacial score (nSPS) is 18.9. The number of carbonyl (C=O) groups is 2. The van der Waals surface area contributed by atoms with Crippen LogP contribution in [0.5, 0.6) is 0 Å². The number of amides is 2. The van der Waals surface area contributed by atoms with E-state index in [9.17, 15) is 22.8 Å². The number of pyridine rings is 1. The number of aromatic nitrogens is 1. The maximum Gasteiger partial charge on any atom is 0.418 e. The summed E-state index contributed by atoms with van der Waals surface area (Å²) in [4.78, 5) is 32.4. The Labute approximate surface area is 192 Å². The summed E-state index contributed by atoms with van der Waals surface area (Å²) in [6.45, 7) is 8.24. The van der Waals surface area contributed by atoms with Crippen molar-refractivity contribution in [3.05, 3.63) is 36.0 Å². The van der Waals surface area contributed by atoms with Gasteiger partial charge in [0.05, 0.1) is 11.1 Å². The van der Waals surface area contributed by atoms with E-state index >= 15 is 0 Å². The Balaban J connectivity index is 1.73. The van der Waals surface area contributed by atoms with E-state index in [2.05, 4.69) is 17.2 Å². The van der Waals surface area contributed by atoms with E-state index in [0.717, 1.165) is 12.5 Å². The molecule has 6 nitrogen and oxygen atoms in total. The number of anilines is 1. The van der Waals surface area contributed by atoms with Crippen LogP contribution >= 0.6 is 0 Å². The summed E-state index contributed by atoms with van der Waals surface area (Å²) in [5.74, 6) is 0.00128. The van der Waals surface area contributed by atoms with Crippen molar-refractivity contribution in [1.82, 2.24) is 15.2 Å². The third kappa shape index (κ3) is 5.94. The van der Waals surface area contributed by atoms with Crippen molar-refractivity contribution < 1.29 is 22.8 Å². The molecule has 33 heavy (non-hydrogen) atoms. The first kappa shape index (κ1) is 24.8. The van der Waals surface area contributed by atoms with Gasteiger partial charge in [0.1, 0.15) is 0 Å². The summed E-state index contributed by atoms with van der Waals surface area (Å²) in [6.07, 6.45) is -2.08. The van der Waals surface area contributed by atoms with Gasteiger partial charge in [0, 0.05) is 62.3 Å². The Morgan fingerprint density at radius 3 is 2.55 bits per heavy atom. The Kier molecular flexibility index (Phi) is 7.81. The second-order valence-electron chi connectivity index (χ2n) is 8.61. The molecule has 2 aromatic rings. The minimum atomic E-state index is -4.49. The highest BCUT2D eigenvalue weighted by atomic mass is 19.4. The van der Waals surface area contributed by atoms with Gasteiger partial charge < -0.3 is 15.1 Å². The number of fused-ring (bicyclic) bond motifs is 1. The Bertz CT molecular complexity index is 991. The molecule has 1 fully saturated rings. The van der Waals surface area contributed by atoms with Gasteiger partial charge in [-0.1, -0.05) is 6.92 Å². The fourth-order valence-electron chi connectivity index (χ4n) is 4.57. The third-order valence-corrected chi connectivity index (χ3v) is 6.10. The molecule has 0 saturated carbocycles. The number of nitrogens with one attached hydrogen (secondary N) is 1. The van der Waals surface area contributed by atoms with Crippen LogP contribution in [0.2, 0.25) is 0 Å². The molecule has 1 aliphatic heterocycles. The first-order valence-corrected chi connectivity index (χ1v) is 11.4. The van der Waals surface area contributed by atoms with Crippen LogP contribution in [0.1, 0.15) is 45.6 Å². The molecule has 0 radical (unpaired) electrons. The Hall–Kier alpha value is -2.84. The Morgan fingerprint density at radius 2 is 1.88 bits per heavy atom. The summed E-state index contributed by atoms with van der Waals surface area (Å²) in [7, 11) is 0. The van der Waals surface area contributed by atoms with E-state index in [1.807, 2.05) is 18.7 Å². The molecule has 0 bridgehead atoms. The number of hydrogen-bond donors (Lipinski definition) is 1. The summed E-state index contributed by atoms with van der Waals surface area (Å²) < 4.78 is 40.4. The molecule has 0 aliphatic carbocycles. The molecule has 2 atom stereocenters. The first-order chi connectivity index (χ1) is 15.6. The van der Waals surface area contributed by atoms with Crippen molar-refractivity contribution >= 4 is 28.4 Å². The van der Waals surface area contributed by atoms with E-state index in [-0.39, 0.29) is 42.1 Å². The number of benzene rings is 1. The van der Waals surface area contributed by atoms with Crippen LogP contribution in [0, 0.1) is 5.92 Å². The molecule has 180 valence electrons. The number of nitrogens with zero attached hydrogens (tertiary/aromatic N) is 3. The number of alkyl halides is 3. The smallest absolute Gasteiger partial charge is 0.369 e. The second kappa shape index (κ2) is 10.4. The SMILES string of the molecule is CCN(CC)C(=O)CCC(=O)NC1CC(C)CN(c2ccc(C(F)(F)F)c3ncccc23)C1. The second-order valence-corrected chi connectivity index (χ2v) is 8.61. The fraction of sp³-hybridized carbons (Fsp3) is 0.542. The van der Waals surface area contributed by atoms with Gasteiger partial charge in [-0.25, -0.2) is 0 Å². The molecule has 1 aromatic heterocycles. The number of piperidine rings is 1. The number of hydrogen-bond acceptors (Lipinski definition) is 4. The van der Waals surface area contributed by atoms with Crippen molar-refractivity contribution in [2.45, 2.75) is 52.3 Å². The van der Waals surface area contributed by atoms with Crippen LogP contribution < -0.4 is 10.2 Å². The molecule has 0 spiro atoms. The molecular formula is C24H31F3N4O2. The molecule has 3 rings (SSSR count). The molecule has 9 heteroatoms. The molecule has 1 aliphatic rings. The van der Waals surface area contributed by atoms with Crippen molar-refractivity contribution in [2.75, 3.05) is 31.1 Å². The maximum atomic E-state index is 13.5. The quantitative estimate of drug-likeness (QED) is 0.666. The molecule has 2 heterocycles. The van der Waals surface area contributed by atoms with E-state index in [4.69, 9.17) is 0 Å². The average molecular weight is 465 g/mol. The largest absolute Gasteiger partial charge is 0.418 e. The van der Waals surface area contributed by atoms with Crippen LogP contribution in [0.4, 0.5) is 18.9 Å². The molecule has 1 N–H and O–H groups in total. The van der Waals surface area contributed by atoms with Crippen LogP contribution in [-0.2, 0) is 15.8 Å². The molecular weight excluding hydrogens is 433 g/mol. The highest BCUT2D eigenvalue weighted by molar-refractivity contribution is 5.94. The lowest BCUT2D eigenvalue weighted by Gasteiger charge is -2.39. The van der Waals surface area contributed by atoms with Gasteiger partial charge in [-0.3, -0.25) is 14.6 Å². The predicted octanol–water partition coefficient (Wildman–Crippen LogP) is 4.23. The molecule has 2 unspecified atom stereocenters. The zero-order valence-corrected chi connectivity index (χ0v) is 19.3. The van der Waals surface area contributed by atoms with Crippen LogP contribution in [0.25, 0.3) is 10.9 Å². The summed E-state index contributed by atoms with van der Waals surface area (Å²) in [5.41, 5.74) is -0.153. The van der Waals surface area contributed by atoms with Crippen LogP contribution in [-0.4, -0.2) is 53.9 Å². The summed E-state index contributed by atoms with van der Waals surface area (Å²) >= 11 is 0. The van der Waals surface area contributed by atoms with E-state index < -0.39 is 11.7 Å². The number of halogens is 3. The molecule has 1 aromatic carbocycles. The van der Waals surface area contributed by atoms with E-state index in [1.165, 1.54) is 12.3 Å². The monoisotopic (exact) mass is 464 g/mol. The highest BCUT2D eigenvalue weighted by Gasteiger charge is 2.35. The lowest BCUT2D eigenvalue weighted by molar-refractivity contribution is -0.136. The van der Waals surface area contributed by atoms with Gasteiger partial charge in [-0.2, -0.15) is 13.2 Å². The minimum absolute atomic E-state index is 0.0440. The molecule has 1 saturated heterocycles. The lowest BCUT2D eigenvalue weighted by atomic mass is 9.94. The third-order valence-electron chi connectivity index (χ3n) is 6.10. The fourth-order valence-corrected chi connectivity index (χ4v) is 4.57. The van der Waals surface area contributed by atoms with Crippen molar-refractivity contribution in [3.8, 4) is 0 Å². The van der Waals surface area contributed by atoms with Crippen LogP contribution in [0.15, 0.2) is 30.5 Å². The van der Waals surface area contributed by atoms with Gasteiger partial charge in [-0.15, -0.1) is 0 Å². The van der Waals surface area contributed by atoms with Gasteiger partial charge in [0.25, 0.3) is 0 Å². The van der Waals surface area contributed by atoms with Crippen molar-refractivity contribution in [3.63, 3.8) is 0 Å². The number of rotatable bonds is 7. The highest BCUT2D eigenvalue weighted by Crippen LogP contribution is 2.38. The van der Waals surface area contributed by atoms with Crippen LogP contribution in [0.3, 0.4) is 0 Å². The number of carbonyl (C=O) groups excluding carboxylic acids is 2. The van der Waals surface area contributed by atoms with Gasteiger partial charge in [0.2, 0.25) is 11.8 Å². The van der Waals surface area contributed by atoms with Gasteiger partial charge in [-0.05, 0) is 50.5 Å². The first-order valence-electron chi connectivity index (χ1n) is 11.4. The Morgan fingerprint density at radius 1 is 1.15 bits per heavy atom. The van der Waals surface area contributed by atoms with Gasteiger partial charge >= 0.3 is 6.18 Å². The summed E-state index contributed by atoms with van der Waals surface area (Å²) in [6, 6.07) is 5.70. The van der Waals surface area contributed by atoms with E-state index in [1.54, 1.807) is 17.0 Å². The van der Waals surface area contributed by atoms with E-state index in [0.29, 0.717) is 37.3 Å². The maximum absolute atomic E-state index is 13.5. The average Bonchev–Trinajstić information content (AvgIpc) is 2.76. The van der Waals surface area contributed by atoms with Gasteiger partial charge in [0.15, 0.2) is 0 Å². The standard InChI is InChI=1S/C24H31F3N4O2/c1-4-30(5-2)22(33)11-10-21(32)29-17-13-16(3)14-31(15-17)20-9-8-19(24(25,26)27)23-18(20)7-6-12-28-23/h6-9,12,16-17H,4-5,10-11,13-15H2,1-3H3,(H,29,32). The topological polar surface area (TPSA) is 65.5 Å². The summed E-state index contributed by atoms with van der Waals surface area (Å²) in [5, 5.41) is 3.46. The lowest BCUT2D eigenvalue weighted by Crippen LogP contribution is -2.50. The minimum Gasteiger partial charge on any atom is -0.369 e. The zero-order valence-electron chi connectivity index (χ0n) is 19.3.